The van der Waals surface area contributed by atoms with Gasteiger partial charge in [-0.25, -0.2) is 8.42 Å². The second-order valence-corrected chi connectivity index (χ2v) is 9.91. The number of anilines is 2. The van der Waals surface area contributed by atoms with E-state index in [0.717, 1.165) is 32.1 Å². The first-order valence-electron chi connectivity index (χ1n) is 10.3. The first kappa shape index (κ1) is 24.2. The number of nitrogens with zero attached hydrogens (tertiary/aromatic N) is 2. The summed E-state index contributed by atoms with van der Waals surface area (Å²) in [7, 11) is -4.04. The summed E-state index contributed by atoms with van der Waals surface area (Å²) in [5, 5.41) is 14.9. The maximum Gasteiger partial charge on any atom is 0.293 e. The van der Waals surface area contributed by atoms with Gasteiger partial charge in [-0.1, -0.05) is 23.7 Å². The van der Waals surface area contributed by atoms with Gasteiger partial charge in [0.1, 0.15) is 5.69 Å². The van der Waals surface area contributed by atoms with Gasteiger partial charge < -0.3 is 10.1 Å². The van der Waals surface area contributed by atoms with Crippen molar-refractivity contribution < 1.29 is 18.1 Å². The van der Waals surface area contributed by atoms with Gasteiger partial charge in [0.15, 0.2) is 0 Å². The van der Waals surface area contributed by atoms with Crippen LogP contribution in [-0.4, -0.2) is 56.6 Å². The average Bonchev–Trinajstić information content (AvgIpc) is 2.72. The highest BCUT2D eigenvalue weighted by Crippen LogP contribution is 2.30. The molecule has 1 fully saturated rings. The molecule has 1 aliphatic rings. The number of nitrogens with one attached hydrogen (secondary N) is 2. The summed E-state index contributed by atoms with van der Waals surface area (Å²) in [5.41, 5.74) is 0.168. The van der Waals surface area contributed by atoms with Gasteiger partial charge in [-0.05, 0) is 44.5 Å². The lowest BCUT2D eigenvalue weighted by Crippen LogP contribution is -2.45. The Morgan fingerprint density at radius 3 is 2.50 bits per heavy atom. The molecule has 1 aliphatic heterocycles. The van der Waals surface area contributed by atoms with Crippen LogP contribution >= 0.6 is 11.6 Å². The zero-order valence-corrected chi connectivity index (χ0v) is 19.5. The zero-order chi connectivity index (χ0) is 23.3. The molecular weight excluding hydrogens is 456 g/mol. The van der Waals surface area contributed by atoms with Gasteiger partial charge in [0.2, 0.25) is 0 Å². The van der Waals surface area contributed by atoms with Crippen molar-refractivity contribution in [3.63, 3.8) is 0 Å². The topological polar surface area (TPSA) is 114 Å². The Kier molecular flexibility index (Phi) is 7.94. The number of nitro groups is 1. The van der Waals surface area contributed by atoms with Crippen LogP contribution in [0.4, 0.5) is 17.1 Å². The molecule has 9 nitrogen and oxygen atoms in total. The molecule has 0 bridgehead atoms. The lowest BCUT2D eigenvalue weighted by molar-refractivity contribution is -0.384. The highest BCUT2D eigenvalue weighted by Gasteiger charge is 2.23. The number of hydrogen-bond acceptors (Lipinski definition) is 7. The lowest BCUT2D eigenvalue weighted by Gasteiger charge is -2.35. The number of hydrogen-bond donors (Lipinski definition) is 2. The number of morpholine rings is 1. The smallest absolute Gasteiger partial charge is 0.293 e. The fourth-order valence-electron chi connectivity index (χ4n) is 3.72. The van der Waals surface area contributed by atoms with Gasteiger partial charge in [-0.3, -0.25) is 19.7 Å². The van der Waals surface area contributed by atoms with Crippen molar-refractivity contribution in [1.82, 2.24) is 4.90 Å². The highest BCUT2D eigenvalue weighted by atomic mass is 35.5. The van der Waals surface area contributed by atoms with Crippen LogP contribution in [0, 0.1) is 10.1 Å². The largest absolute Gasteiger partial charge is 0.379 e. The molecule has 0 aliphatic carbocycles. The van der Waals surface area contributed by atoms with Crippen LogP contribution in [0.2, 0.25) is 5.02 Å². The van der Waals surface area contributed by atoms with Gasteiger partial charge in [-0.15, -0.1) is 0 Å². The van der Waals surface area contributed by atoms with Crippen LogP contribution in [0.1, 0.15) is 20.3 Å². The normalized spacial score (nSPS) is 19.5. The van der Waals surface area contributed by atoms with Gasteiger partial charge in [0.25, 0.3) is 15.7 Å². The summed E-state index contributed by atoms with van der Waals surface area (Å²) in [6.45, 7) is 7.16. The van der Waals surface area contributed by atoms with Gasteiger partial charge >= 0.3 is 0 Å². The van der Waals surface area contributed by atoms with Crippen LogP contribution < -0.4 is 10.0 Å². The second-order valence-electron chi connectivity index (χ2n) is 7.82. The minimum absolute atomic E-state index is 0.182. The lowest BCUT2D eigenvalue weighted by atomic mass is 10.2. The molecule has 2 N–H and O–H groups in total. The van der Waals surface area contributed by atoms with Crippen molar-refractivity contribution in [2.45, 2.75) is 37.4 Å². The van der Waals surface area contributed by atoms with E-state index in [9.17, 15) is 18.5 Å². The second kappa shape index (κ2) is 10.5. The van der Waals surface area contributed by atoms with Crippen molar-refractivity contribution in [3.8, 4) is 0 Å². The first-order chi connectivity index (χ1) is 15.2. The molecule has 0 amide bonds. The molecule has 32 heavy (non-hydrogen) atoms. The molecule has 1 saturated heterocycles. The van der Waals surface area contributed by atoms with Crippen molar-refractivity contribution in [2.24, 2.45) is 0 Å². The van der Waals surface area contributed by atoms with E-state index in [1.165, 1.54) is 18.2 Å². The molecule has 11 heteroatoms. The van der Waals surface area contributed by atoms with Crippen LogP contribution in [0.5, 0.6) is 0 Å². The summed E-state index contributed by atoms with van der Waals surface area (Å²) in [6, 6.07) is 10.2. The van der Waals surface area contributed by atoms with E-state index in [-0.39, 0.29) is 39.2 Å². The Hall–Kier alpha value is -2.40. The van der Waals surface area contributed by atoms with Crippen LogP contribution in [0.3, 0.4) is 0 Å². The van der Waals surface area contributed by atoms with Gasteiger partial charge in [0, 0.05) is 32.2 Å². The highest BCUT2D eigenvalue weighted by molar-refractivity contribution is 7.92. The van der Waals surface area contributed by atoms with Crippen molar-refractivity contribution >= 4 is 38.7 Å². The fraction of sp³-hybridized carbons (Fsp3) is 0.429. The summed E-state index contributed by atoms with van der Waals surface area (Å²) in [6.07, 6.45) is 1.15. The Balaban J connectivity index is 1.65. The van der Waals surface area contributed by atoms with Crippen molar-refractivity contribution in [2.75, 3.05) is 36.2 Å². The molecule has 3 rings (SSSR count). The summed E-state index contributed by atoms with van der Waals surface area (Å²) in [4.78, 5) is 13.1. The third-order valence-corrected chi connectivity index (χ3v) is 6.75. The summed E-state index contributed by atoms with van der Waals surface area (Å²) >= 11 is 6.01. The SMILES string of the molecule is C[C@@H]1CN(CCCNc2ccc(S(=O)(=O)Nc3ccccc3Cl)cc2[N+](=O)[O-])C[C@@H](C)O1. The Morgan fingerprint density at radius 1 is 1.16 bits per heavy atom. The molecule has 0 spiro atoms. The number of para-hydroxylation sites is 1. The number of sulfonamides is 1. The van der Waals surface area contributed by atoms with E-state index in [4.69, 9.17) is 16.3 Å². The number of ether oxygens (including phenoxy) is 1. The molecule has 174 valence electrons. The van der Waals surface area contributed by atoms with E-state index in [1.54, 1.807) is 18.2 Å². The van der Waals surface area contributed by atoms with Crippen LogP contribution in [0.25, 0.3) is 0 Å². The molecule has 0 unspecified atom stereocenters. The zero-order valence-electron chi connectivity index (χ0n) is 18.0. The predicted molar refractivity (Wildman–Crippen MR) is 125 cm³/mol. The Morgan fingerprint density at radius 2 is 1.84 bits per heavy atom. The molecule has 2 aromatic carbocycles. The third kappa shape index (κ3) is 6.32. The average molecular weight is 483 g/mol. The quantitative estimate of drug-likeness (QED) is 0.316. The maximum absolute atomic E-state index is 12.7. The van der Waals surface area contributed by atoms with Gasteiger partial charge in [0.05, 0.1) is 32.7 Å². The number of nitro benzene ring substituents is 1. The molecule has 0 aromatic heterocycles. The minimum Gasteiger partial charge on any atom is -0.379 e. The van der Waals surface area contributed by atoms with Crippen LogP contribution in [-0.2, 0) is 14.8 Å². The molecule has 2 aromatic rings. The van der Waals surface area contributed by atoms with E-state index in [1.807, 2.05) is 13.8 Å². The molecule has 2 atom stereocenters. The standard InChI is InChI=1S/C21H27ClN4O5S/c1-15-13-25(14-16(2)31-15)11-5-10-23-20-9-8-17(12-21(20)26(27)28)32(29,30)24-19-7-4-3-6-18(19)22/h3-4,6-9,12,15-16,23-24H,5,10-11,13-14H2,1-2H3/t15-,16-/m1/s1. The predicted octanol–water partition coefficient (Wildman–Crippen LogP) is 3.96. The Labute approximate surface area is 192 Å². The van der Waals surface area contributed by atoms with E-state index < -0.39 is 14.9 Å². The monoisotopic (exact) mass is 482 g/mol. The summed E-state index contributed by atoms with van der Waals surface area (Å²) in [5.74, 6) is 0. The van der Waals surface area contributed by atoms with E-state index in [2.05, 4.69) is 14.9 Å². The fourth-order valence-corrected chi connectivity index (χ4v) is 5.06. The number of halogens is 1. The number of rotatable bonds is 9. The molecule has 0 radical (unpaired) electrons. The number of benzene rings is 2. The Bertz CT molecular complexity index is 1060. The third-order valence-electron chi connectivity index (χ3n) is 5.06. The molecular formula is C21H27ClN4O5S. The first-order valence-corrected chi connectivity index (χ1v) is 12.2. The van der Waals surface area contributed by atoms with Crippen molar-refractivity contribution in [1.29, 1.82) is 0 Å². The molecule has 0 saturated carbocycles. The molecule has 1 heterocycles. The van der Waals surface area contributed by atoms with Crippen LogP contribution in [0.15, 0.2) is 47.4 Å². The van der Waals surface area contributed by atoms with E-state index in [0.29, 0.717) is 6.54 Å². The summed E-state index contributed by atoms with van der Waals surface area (Å²) < 4.78 is 33.5. The maximum atomic E-state index is 12.7. The van der Waals surface area contributed by atoms with E-state index >= 15 is 0 Å². The van der Waals surface area contributed by atoms with Gasteiger partial charge in [-0.2, -0.15) is 0 Å². The van der Waals surface area contributed by atoms with Crippen molar-refractivity contribution in [3.05, 3.63) is 57.6 Å². The minimum atomic E-state index is -4.04.